The second-order valence-electron chi connectivity index (χ2n) is 8.05. The number of hydrogen-bond donors (Lipinski definition) is 1. The Morgan fingerprint density at radius 2 is 1.84 bits per heavy atom. The van der Waals surface area contributed by atoms with E-state index in [1.165, 1.54) is 5.56 Å². The summed E-state index contributed by atoms with van der Waals surface area (Å²) in [6.45, 7) is 4.65. The van der Waals surface area contributed by atoms with Crippen LogP contribution in [-0.4, -0.2) is 23.2 Å². The lowest BCUT2D eigenvalue weighted by Gasteiger charge is -2.21. The van der Waals surface area contributed by atoms with Gasteiger partial charge >= 0.3 is 0 Å². The number of carbonyl (C=O) groups is 2. The number of nitrogens with zero attached hydrogens (tertiary/aromatic N) is 1. The fourth-order valence-corrected chi connectivity index (χ4v) is 4.17. The highest BCUT2D eigenvalue weighted by Gasteiger charge is 2.21. The minimum atomic E-state index is -0.0418. The predicted molar refractivity (Wildman–Crippen MR) is 123 cm³/mol. The molecule has 4 nitrogen and oxygen atoms in total. The van der Waals surface area contributed by atoms with Gasteiger partial charge in [0.1, 0.15) is 0 Å². The summed E-state index contributed by atoms with van der Waals surface area (Å²) >= 11 is 0. The third-order valence-corrected chi connectivity index (χ3v) is 5.85. The zero-order chi connectivity index (χ0) is 21.8. The Hall–Kier alpha value is -3.53. The molecule has 4 heteroatoms. The van der Waals surface area contributed by atoms with Crippen molar-refractivity contribution in [1.82, 2.24) is 10.3 Å². The van der Waals surface area contributed by atoms with Crippen LogP contribution in [0.25, 0.3) is 5.57 Å². The van der Waals surface area contributed by atoms with Crippen LogP contribution in [0.1, 0.15) is 57.1 Å². The van der Waals surface area contributed by atoms with Crippen molar-refractivity contribution in [2.24, 2.45) is 0 Å². The van der Waals surface area contributed by atoms with Crippen molar-refractivity contribution in [1.29, 1.82) is 0 Å². The zero-order valence-corrected chi connectivity index (χ0v) is 17.9. The van der Waals surface area contributed by atoms with Gasteiger partial charge in [-0.15, -0.1) is 0 Å². The first kappa shape index (κ1) is 20.7. The molecule has 4 rings (SSSR count). The SMILES string of the molecule is Cc1cc(C(=O)CC(c2ccc(C3=CC(=O)NCC3)cc2)c2ccccc2C)ccn1. The molecule has 2 heterocycles. The maximum Gasteiger partial charge on any atom is 0.244 e. The van der Waals surface area contributed by atoms with E-state index in [2.05, 4.69) is 53.6 Å². The third-order valence-electron chi connectivity index (χ3n) is 5.85. The standard InChI is InChI=1S/C27H26N2O2/c1-18-5-3-4-6-24(18)25(17-26(30)23-12-13-28-19(2)15-23)21-9-7-20(8-10-21)22-11-14-29-27(31)16-22/h3-10,12-13,15-16,25H,11,14,17H2,1-2H3,(H,29,31). The second-order valence-corrected chi connectivity index (χ2v) is 8.05. The maximum absolute atomic E-state index is 13.1. The van der Waals surface area contributed by atoms with Gasteiger partial charge in [0.15, 0.2) is 5.78 Å². The molecule has 3 aromatic rings. The fraction of sp³-hybridized carbons (Fsp3) is 0.222. The van der Waals surface area contributed by atoms with Gasteiger partial charge in [0.25, 0.3) is 0 Å². The van der Waals surface area contributed by atoms with E-state index >= 15 is 0 Å². The summed E-state index contributed by atoms with van der Waals surface area (Å²) in [6, 6.07) is 20.2. The van der Waals surface area contributed by atoms with Gasteiger partial charge in [-0.2, -0.15) is 0 Å². The zero-order valence-electron chi connectivity index (χ0n) is 17.9. The van der Waals surface area contributed by atoms with Crippen LogP contribution in [0.5, 0.6) is 0 Å². The molecule has 0 spiro atoms. The van der Waals surface area contributed by atoms with Gasteiger partial charge in [-0.25, -0.2) is 0 Å². The number of ketones is 1. The van der Waals surface area contributed by atoms with Crippen LogP contribution in [0.3, 0.4) is 0 Å². The molecule has 1 aliphatic heterocycles. The van der Waals surface area contributed by atoms with Gasteiger partial charge in [-0.05, 0) is 60.2 Å². The summed E-state index contributed by atoms with van der Waals surface area (Å²) in [5.74, 6) is 0.0238. The number of hydrogen-bond acceptors (Lipinski definition) is 3. The Labute approximate surface area is 183 Å². The van der Waals surface area contributed by atoms with Gasteiger partial charge in [0.05, 0.1) is 0 Å². The molecule has 0 fully saturated rings. The summed E-state index contributed by atoms with van der Waals surface area (Å²) in [7, 11) is 0. The van der Waals surface area contributed by atoms with Gasteiger partial charge < -0.3 is 5.32 Å². The molecule has 0 radical (unpaired) electrons. The van der Waals surface area contributed by atoms with Crippen molar-refractivity contribution in [3.63, 3.8) is 0 Å². The van der Waals surface area contributed by atoms with Crippen molar-refractivity contribution < 1.29 is 9.59 Å². The molecule has 0 aliphatic carbocycles. The van der Waals surface area contributed by atoms with Crippen LogP contribution in [0.4, 0.5) is 0 Å². The molecule has 2 aromatic carbocycles. The van der Waals surface area contributed by atoms with Crippen LogP contribution < -0.4 is 5.32 Å². The van der Waals surface area contributed by atoms with Crippen molar-refractivity contribution in [3.8, 4) is 0 Å². The number of benzene rings is 2. The lowest BCUT2D eigenvalue weighted by Crippen LogP contribution is -2.26. The molecular weight excluding hydrogens is 384 g/mol. The number of pyridine rings is 1. The Morgan fingerprint density at radius 1 is 1.06 bits per heavy atom. The molecular formula is C27H26N2O2. The van der Waals surface area contributed by atoms with Crippen LogP contribution in [0.15, 0.2) is 72.9 Å². The highest BCUT2D eigenvalue weighted by Crippen LogP contribution is 2.33. The predicted octanol–water partition coefficient (Wildman–Crippen LogP) is 5.01. The maximum atomic E-state index is 13.1. The first-order chi connectivity index (χ1) is 15.0. The molecule has 1 amide bonds. The summed E-state index contributed by atoms with van der Waals surface area (Å²) in [4.78, 5) is 29.0. The van der Waals surface area contributed by atoms with Crippen molar-refractivity contribution >= 4 is 17.3 Å². The van der Waals surface area contributed by atoms with E-state index in [-0.39, 0.29) is 17.6 Å². The molecule has 31 heavy (non-hydrogen) atoms. The third kappa shape index (κ3) is 4.80. The molecule has 1 N–H and O–H groups in total. The average Bonchev–Trinajstić information content (AvgIpc) is 2.78. The van der Waals surface area contributed by atoms with Crippen molar-refractivity contribution in [3.05, 3.63) is 106 Å². The summed E-state index contributed by atoms with van der Waals surface area (Å²) in [5.41, 5.74) is 7.06. The summed E-state index contributed by atoms with van der Waals surface area (Å²) in [6.07, 6.45) is 4.58. The molecule has 1 atom stereocenters. The van der Waals surface area contributed by atoms with Crippen molar-refractivity contribution in [2.75, 3.05) is 6.54 Å². The lowest BCUT2D eigenvalue weighted by atomic mass is 9.83. The number of rotatable bonds is 6. The molecule has 0 saturated heterocycles. The second kappa shape index (κ2) is 9.09. The highest BCUT2D eigenvalue weighted by molar-refractivity contribution is 5.97. The Balaban J connectivity index is 1.67. The van der Waals surface area contributed by atoms with Crippen LogP contribution in [0.2, 0.25) is 0 Å². The van der Waals surface area contributed by atoms with Crippen LogP contribution in [-0.2, 0) is 4.79 Å². The van der Waals surface area contributed by atoms with E-state index in [1.807, 2.05) is 25.1 Å². The Bertz CT molecular complexity index is 1150. The quantitative estimate of drug-likeness (QED) is 0.582. The lowest BCUT2D eigenvalue weighted by molar-refractivity contribution is -0.116. The molecule has 1 aromatic heterocycles. The first-order valence-corrected chi connectivity index (χ1v) is 10.6. The normalized spacial score (nSPS) is 14.5. The van der Waals surface area contributed by atoms with E-state index in [0.717, 1.165) is 34.4 Å². The van der Waals surface area contributed by atoms with Gasteiger partial charge in [0, 0.05) is 42.4 Å². The van der Waals surface area contributed by atoms with Gasteiger partial charge in [-0.3, -0.25) is 14.6 Å². The molecule has 1 unspecified atom stereocenters. The smallest absolute Gasteiger partial charge is 0.244 e. The fourth-order valence-electron chi connectivity index (χ4n) is 4.17. The van der Waals surface area contributed by atoms with E-state index in [0.29, 0.717) is 18.5 Å². The highest BCUT2D eigenvalue weighted by atomic mass is 16.1. The average molecular weight is 411 g/mol. The first-order valence-electron chi connectivity index (χ1n) is 10.6. The number of aryl methyl sites for hydroxylation is 2. The number of amides is 1. The molecule has 156 valence electrons. The van der Waals surface area contributed by atoms with Gasteiger partial charge in [0.2, 0.25) is 5.91 Å². The van der Waals surface area contributed by atoms with Crippen molar-refractivity contribution in [2.45, 2.75) is 32.6 Å². The number of aromatic nitrogens is 1. The summed E-state index contributed by atoms with van der Waals surface area (Å²) in [5, 5.41) is 2.82. The largest absolute Gasteiger partial charge is 0.352 e. The Morgan fingerprint density at radius 3 is 2.55 bits per heavy atom. The number of carbonyl (C=O) groups excluding carboxylic acids is 2. The van der Waals surface area contributed by atoms with E-state index in [9.17, 15) is 9.59 Å². The summed E-state index contributed by atoms with van der Waals surface area (Å²) < 4.78 is 0. The molecule has 0 bridgehead atoms. The Kier molecular flexibility index (Phi) is 6.08. The topological polar surface area (TPSA) is 59.1 Å². The van der Waals surface area contributed by atoms with Gasteiger partial charge in [-0.1, -0.05) is 48.5 Å². The van der Waals surface area contributed by atoms with Crippen LogP contribution >= 0.6 is 0 Å². The van der Waals surface area contributed by atoms with Crippen LogP contribution in [0, 0.1) is 13.8 Å². The number of Topliss-reactive ketones (excluding diaryl/α,β-unsaturated/α-hetero) is 1. The van der Waals surface area contributed by atoms with E-state index in [4.69, 9.17) is 0 Å². The molecule has 1 aliphatic rings. The monoisotopic (exact) mass is 410 g/mol. The van der Waals surface area contributed by atoms with E-state index in [1.54, 1.807) is 18.3 Å². The number of nitrogens with one attached hydrogen (secondary N) is 1. The minimum absolute atomic E-state index is 0.0404. The minimum Gasteiger partial charge on any atom is -0.352 e. The van der Waals surface area contributed by atoms with E-state index < -0.39 is 0 Å². The molecule has 0 saturated carbocycles.